The summed E-state index contributed by atoms with van der Waals surface area (Å²) in [7, 11) is 0. The number of nitrogen functional groups attached to an aromatic ring is 1. The highest BCUT2D eigenvalue weighted by Crippen LogP contribution is 2.22. The van der Waals surface area contributed by atoms with Crippen LogP contribution in [0.4, 0.5) is 5.69 Å². The number of anilines is 1. The average Bonchev–Trinajstić information content (AvgIpc) is 2.22. The van der Waals surface area contributed by atoms with Crippen LogP contribution in [0, 0.1) is 6.92 Å². The zero-order valence-corrected chi connectivity index (χ0v) is 10.1. The van der Waals surface area contributed by atoms with Crippen LogP contribution in [0.3, 0.4) is 0 Å². The van der Waals surface area contributed by atoms with Gasteiger partial charge >= 0.3 is 0 Å². The first-order valence-electron chi connectivity index (χ1n) is 5.09. The fraction of sp³-hybridized carbons (Fsp3) is 0.364. The lowest BCUT2D eigenvalue weighted by Crippen LogP contribution is -2.38. The highest BCUT2D eigenvalue weighted by atomic mass is 35.5. The van der Waals surface area contributed by atoms with Crippen LogP contribution < -0.4 is 16.8 Å². The van der Waals surface area contributed by atoms with Crippen LogP contribution >= 0.6 is 12.4 Å². The normalized spacial score (nSPS) is 19.3. The Balaban J connectivity index is 0.00000128. The second-order valence-electron chi connectivity index (χ2n) is 3.87. The van der Waals surface area contributed by atoms with E-state index in [1.165, 1.54) is 5.56 Å². The van der Waals surface area contributed by atoms with Crippen molar-refractivity contribution >= 4 is 24.1 Å². The van der Waals surface area contributed by atoms with Gasteiger partial charge in [-0.1, -0.05) is 12.1 Å². The van der Waals surface area contributed by atoms with Crippen LogP contribution in [0.1, 0.15) is 23.6 Å². The van der Waals surface area contributed by atoms with Crippen molar-refractivity contribution in [2.24, 2.45) is 10.7 Å². The molecule has 0 bridgehead atoms. The number of nitrogens with one attached hydrogen (secondary N) is 1. The summed E-state index contributed by atoms with van der Waals surface area (Å²) < 4.78 is 0. The van der Waals surface area contributed by atoms with Gasteiger partial charge < -0.3 is 16.8 Å². The lowest BCUT2D eigenvalue weighted by Gasteiger charge is -2.23. The molecule has 1 aromatic rings. The number of nitrogens with zero attached hydrogens (tertiary/aromatic N) is 1. The van der Waals surface area contributed by atoms with Crippen molar-refractivity contribution in [3.8, 4) is 0 Å². The molecular formula is C11H17ClN4. The Morgan fingerprint density at radius 1 is 1.38 bits per heavy atom. The van der Waals surface area contributed by atoms with Crippen molar-refractivity contribution < 1.29 is 0 Å². The Bertz CT molecular complexity index is 403. The summed E-state index contributed by atoms with van der Waals surface area (Å²) in [5, 5.41) is 3.15. The van der Waals surface area contributed by atoms with Crippen LogP contribution in [0.5, 0.6) is 0 Å². The highest BCUT2D eigenvalue weighted by molar-refractivity contribution is 5.85. The molecular weight excluding hydrogens is 224 g/mol. The highest BCUT2D eigenvalue weighted by Gasteiger charge is 2.15. The van der Waals surface area contributed by atoms with Crippen LogP contribution in [0.15, 0.2) is 23.2 Å². The van der Waals surface area contributed by atoms with Crippen LogP contribution in [0.2, 0.25) is 0 Å². The van der Waals surface area contributed by atoms with Gasteiger partial charge in [0.2, 0.25) is 0 Å². The van der Waals surface area contributed by atoms with Gasteiger partial charge in [0.15, 0.2) is 5.96 Å². The molecule has 1 aliphatic heterocycles. The summed E-state index contributed by atoms with van der Waals surface area (Å²) in [5.41, 5.74) is 14.6. The fourth-order valence-corrected chi connectivity index (χ4v) is 1.74. The lowest BCUT2D eigenvalue weighted by molar-refractivity contribution is 0.569. The molecule has 0 spiro atoms. The van der Waals surface area contributed by atoms with Crippen LogP contribution in [-0.2, 0) is 0 Å². The van der Waals surface area contributed by atoms with Crippen molar-refractivity contribution in [2.75, 3.05) is 12.3 Å². The van der Waals surface area contributed by atoms with E-state index >= 15 is 0 Å². The van der Waals surface area contributed by atoms with Gasteiger partial charge in [-0.3, -0.25) is 4.99 Å². The van der Waals surface area contributed by atoms with Gasteiger partial charge in [-0.15, -0.1) is 12.4 Å². The van der Waals surface area contributed by atoms with Crippen molar-refractivity contribution in [1.29, 1.82) is 0 Å². The third kappa shape index (κ3) is 2.58. The third-order valence-electron chi connectivity index (χ3n) is 2.73. The molecule has 0 radical (unpaired) electrons. The predicted molar refractivity (Wildman–Crippen MR) is 69.8 cm³/mol. The Kier molecular flexibility index (Phi) is 4.01. The molecule has 0 fully saturated rings. The van der Waals surface area contributed by atoms with E-state index in [0.717, 1.165) is 24.2 Å². The number of hydrogen-bond donors (Lipinski definition) is 3. The number of halogens is 1. The third-order valence-corrected chi connectivity index (χ3v) is 2.73. The first-order chi connectivity index (χ1) is 7.16. The van der Waals surface area contributed by atoms with Crippen molar-refractivity contribution in [3.05, 3.63) is 29.3 Å². The van der Waals surface area contributed by atoms with Crippen molar-refractivity contribution in [3.63, 3.8) is 0 Å². The summed E-state index contributed by atoms with van der Waals surface area (Å²) in [4.78, 5) is 4.10. The quantitative estimate of drug-likeness (QED) is 0.649. The van der Waals surface area contributed by atoms with E-state index in [1.807, 2.05) is 19.1 Å². The Hall–Kier alpha value is -1.42. The Morgan fingerprint density at radius 3 is 2.75 bits per heavy atom. The molecule has 5 N–H and O–H groups in total. The molecule has 1 heterocycles. The van der Waals surface area contributed by atoms with Gasteiger partial charge in [-0.05, 0) is 30.5 Å². The maximum Gasteiger partial charge on any atom is 0.189 e. The first kappa shape index (κ1) is 12.6. The van der Waals surface area contributed by atoms with Gasteiger partial charge in [0.05, 0.1) is 6.04 Å². The van der Waals surface area contributed by atoms with Gasteiger partial charge in [0.25, 0.3) is 0 Å². The SMILES string of the molecule is Cc1ccc(C2CCN=C(N)N2)cc1N.Cl. The van der Waals surface area contributed by atoms with E-state index in [2.05, 4.69) is 16.4 Å². The molecule has 0 aliphatic carbocycles. The number of nitrogens with two attached hydrogens (primary N) is 2. The summed E-state index contributed by atoms with van der Waals surface area (Å²) in [6.45, 7) is 2.78. The Labute approximate surface area is 102 Å². The minimum absolute atomic E-state index is 0. The van der Waals surface area contributed by atoms with Gasteiger partial charge in [-0.25, -0.2) is 0 Å². The zero-order chi connectivity index (χ0) is 10.8. The summed E-state index contributed by atoms with van der Waals surface area (Å²) in [5.74, 6) is 0.519. The van der Waals surface area contributed by atoms with Crippen molar-refractivity contribution in [1.82, 2.24) is 5.32 Å². The molecule has 4 nitrogen and oxygen atoms in total. The standard InChI is InChI=1S/C11H16N4.ClH/c1-7-2-3-8(6-9(7)12)10-4-5-14-11(13)15-10;/h2-3,6,10H,4-5,12H2,1H3,(H3,13,14,15);1H. The lowest BCUT2D eigenvalue weighted by atomic mass is 10.0. The second kappa shape index (κ2) is 5.07. The minimum Gasteiger partial charge on any atom is -0.399 e. The maximum absolute atomic E-state index is 5.87. The summed E-state index contributed by atoms with van der Waals surface area (Å²) in [6, 6.07) is 6.37. The van der Waals surface area contributed by atoms with Crippen molar-refractivity contribution in [2.45, 2.75) is 19.4 Å². The molecule has 88 valence electrons. The molecule has 0 saturated heterocycles. The number of aryl methyl sites for hydroxylation is 1. The van der Waals surface area contributed by atoms with Gasteiger partial charge in [0.1, 0.15) is 0 Å². The summed E-state index contributed by atoms with van der Waals surface area (Å²) in [6.07, 6.45) is 0.962. The molecule has 2 rings (SSSR count). The smallest absolute Gasteiger partial charge is 0.189 e. The average molecular weight is 241 g/mol. The monoisotopic (exact) mass is 240 g/mol. The molecule has 1 aromatic carbocycles. The number of guanidine groups is 1. The van der Waals surface area contributed by atoms with E-state index in [4.69, 9.17) is 11.5 Å². The van der Waals surface area contributed by atoms with Crippen LogP contribution in [-0.4, -0.2) is 12.5 Å². The van der Waals surface area contributed by atoms with Crippen LogP contribution in [0.25, 0.3) is 0 Å². The number of hydrogen-bond acceptors (Lipinski definition) is 4. The van der Waals surface area contributed by atoms with E-state index in [0.29, 0.717) is 5.96 Å². The second-order valence-corrected chi connectivity index (χ2v) is 3.87. The largest absolute Gasteiger partial charge is 0.399 e. The van der Waals surface area contributed by atoms with E-state index in [1.54, 1.807) is 0 Å². The van der Waals surface area contributed by atoms with E-state index < -0.39 is 0 Å². The molecule has 1 aliphatic rings. The molecule has 0 aromatic heterocycles. The predicted octanol–water partition coefficient (Wildman–Crippen LogP) is 1.35. The number of benzene rings is 1. The van der Waals surface area contributed by atoms with Gasteiger partial charge in [0, 0.05) is 12.2 Å². The molecule has 16 heavy (non-hydrogen) atoms. The Morgan fingerprint density at radius 2 is 2.12 bits per heavy atom. The maximum atomic E-state index is 5.87. The molecule has 1 unspecified atom stereocenters. The fourth-order valence-electron chi connectivity index (χ4n) is 1.74. The van der Waals surface area contributed by atoms with E-state index in [9.17, 15) is 0 Å². The van der Waals surface area contributed by atoms with E-state index in [-0.39, 0.29) is 18.4 Å². The molecule has 0 saturated carbocycles. The number of aliphatic imine (C=N–C) groups is 1. The topological polar surface area (TPSA) is 76.4 Å². The molecule has 1 atom stereocenters. The first-order valence-corrected chi connectivity index (χ1v) is 5.09. The summed E-state index contributed by atoms with van der Waals surface area (Å²) >= 11 is 0. The molecule has 0 amide bonds. The van der Waals surface area contributed by atoms with Gasteiger partial charge in [-0.2, -0.15) is 0 Å². The minimum atomic E-state index is 0. The molecule has 5 heteroatoms. The number of rotatable bonds is 1. The zero-order valence-electron chi connectivity index (χ0n) is 9.23.